The molecule has 7 heteroatoms. The molecule has 2 aromatic heterocycles. The molecule has 0 saturated carbocycles. The van der Waals surface area contributed by atoms with Crippen molar-refractivity contribution in [2.75, 3.05) is 0 Å². The normalized spacial score (nSPS) is 11.4. The number of halogens is 2. The summed E-state index contributed by atoms with van der Waals surface area (Å²) in [4.78, 5) is 31.2. The molecule has 0 atom stereocenters. The molecule has 0 spiro atoms. The molecule has 0 aliphatic heterocycles. The van der Waals surface area contributed by atoms with E-state index in [0.29, 0.717) is 38.2 Å². The molecular formula is C20H14Cl2N2O2S. The molecule has 0 radical (unpaired) electrons. The van der Waals surface area contributed by atoms with Crippen LogP contribution in [0.25, 0.3) is 31.7 Å². The lowest BCUT2D eigenvalue weighted by Gasteiger charge is -2.14. The molecule has 0 bridgehead atoms. The van der Waals surface area contributed by atoms with Gasteiger partial charge in [-0.05, 0) is 36.8 Å². The van der Waals surface area contributed by atoms with E-state index >= 15 is 0 Å². The Kier molecular flexibility index (Phi) is 4.76. The smallest absolute Gasteiger partial charge is 0.266 e. The van der Waals surface area contributed by atoms with E-state index < -0.39 is 0 Å². The van der Waals surface area contributed by atoms with Gasteiger partial charge in [-0.25, -0.2) is 4.98 Å². The fourth-order valence-electron chi connectivity index (χ4n) is 3.09. The Labute approximate surface area is 168 Å². The van der Waals surface area contributed by atoms with Crippen molar-refractivity contribution in [2.45, 2.75) is 19.9 Å². The summed E-state index contributed by atoms with van der Waals surface area (Å²) < 4.78 is 2.32. The fraction of sp³-hybridized carbons (Fsp3) is 0.150. The van der Waals surface area contributed by atoms with Gasteiger partial charge in [0.15, 0.2) is 0 Å². The summed E-state index contributed by atoms with van der Waals surface area (Å²) in [6.07, 6.45) is 0.719. The Hall–Kier alpha value is -2.21. The molecule has 4 aromatic rings. The van der Waals surface area contributed by atoms with Gasteiger partial charge in [0.1, 0.15) is 16.0 Å². The first kappa shape index (κ1) is 18.2. The van der Waals surface area contributed by atoms with Crippen LogP contribution in [0.3, 0.4) is 0 Å². The standard InChI is InChI=1S/C20H14Cl2N2O2S/c1-2-9-24-18(12-8-7-11(21)10-14(12)22)23-19-16(20(24)26)17(25)13-5-3-4-6-15(13)27-19/h3-8,10H,2,9H2,1H3. The molecule has 0 aliphatic rings. The van der Waals surface area contributed by atoms with E-state index in [2.05, 4.69) is 4.98 Å². The first-order valence-electron chi connectivity index (χ1n) is 8.43. The molecule has 4 nitrogen and oxygen atoms in total. The third-order valence-corrected chi connectivity index (χ3v) is 5.93. The van der Waals surface area contributed by atoms with E-state index in [-0.39, 0.29) is 16.4 Å². The van der Waals surface area contributed by atoms with Crippen LogP contribution in [0.2, 0.25) is 10.0 Å². The van der Waals surface area contributed by atoms with Crippen LogP contribution >= 0.6 is 34.5 Å². The summed E-state index contributed by atoms with van der Waals surface area (Å²) in [7, 11) is 0. The number of aromatic nitrogens is 2. The first-order valence-corrected chi connectivity index (χ1v) is 10.0. The van der Waals surface area contributed by atoms with Crippen LogP contribution in [0.4, 0.5) is 0 Å². The van der Waals surface area contributed by atoms with Crippen molar-refractivity contribution in [1.29, 1.82) is 0 Å². The molecule has 0 unspecified atom stereocenters. The van der Waals surface area contributed by atoms with Gasteiger partial charge in [-0.1, -0.05) is 42.3 Å². The monoisotopic (exact) mass is 416 g/mol. The van der Waals surface area contributed by atoms with Crippen molar-refractivity contribution in [3.63, 3.8) is 0 Å². The fourth-order valence-corrected chi connectivity index (χ4v) is 4.63. The molecule has 0 saturated heterocycles. The average molecular weight is 417 g/mol. The Bertz CT molecular complexity index is 1310. The summed E-state index contributed by atoms with van der Waals surface area (Å²) >= 11 is 13.7. The second kappa shape index (κ2) is 7.08. The largest absolute Gasteiger partial charge is 0.292 e. The minimum absolute atomic E-state index is 0.126. The van der Waals surface area contributed by atoms with Gasteiger partial charge in [-0.2, -0.15) is 0 Å². The van der Waals surface area contributed by atoms with Gasteiger partial charge < -0.3 is 0 Å². The number of fused-ring (bicyclic) bond motifs is 2. The zero-order valence-corrected chi connectivity index (χ0v) is 16.7. The van der Waals surface area contributed by atoms with E-state index in [1.807, 2.05) is 19.1 Å². The molecular weight excluding hydrogens is 403 g/mol. The molecule has 0 aliphatic carbocycles. The maximum absolute atomic E-state index is 13.2. The van der Waals surface area contributed by atoms with Crippen molar-refractivity contribution in [3.8, 4) is 11.4 Å². The minimum Gasteiger partial charge on any atom is -0.292 e. The van der Waals surface area contributed by atoms with E-state index in [0.717, 1.165) is 11.1 Å². The maximum atomic E-state index is 13.2. The van der Waals surface area contributed by atoms with Gasteiger partial charge >= 0.3 is 0 Å². The van der Waals surface area contributed by atoms with Crippen LogP contribution in [0.15, 0.2) is 52.1 Å². The number of hydrogen-bond acceptors (Lipinski definition) is 4. The Morgan fingerprint density at radius 2 is 1.89 bits per heavy atom. The van der Waals surface area contributed by atoms with E-state index in [9.17, 15) is 9.59 Å². The van der Waals surface area contributed by atoms with Gasteiger partial charge in [-0.15, -0.1) is 11.3 Å². The van der Waals surface area contributed by atoms with Gasteiger partial charge in [-0.3, -0.25) is 14.2 Å². The molecule has 0 fully saturated rings. The van der Waals surface area contributed by atoms with Crippen LogP contribution in [0.5, 0.6) is 0 Å². The van der Waals surface area contributed by atoms with Crippen LogP contribution in [-0.4, -0.2) is 9.55 Å². The van der Waals surface area contributed by atoms with E-state index in [1.165, 1.54) is 15.9 Å². The van der Waals surface area contributed by atoms with Crippen molar-refractivity contribution in [3.05, 3.63) is 73.1 Å². The molecule has 2 heterocycles. The lowest BCUT2D eigenvalue weighted by molar-refractivity contribution is 0.656. The average Bonchev–Trinajstić information content (AvgIpc) is 2.64. The minimum atomic E-state index is -0.338. The third kappa shape index (κ3) is 3.06. The van der Waals surface area contributed by atoms with Crippen LogP contribution in [0, 0.1) is 0 Å². The number of hydrogen-bond donors (Lipinski definition) is 0. The van der Waals surface area contributed by atoms with E-state index in [1.54, 1.807) is 30.3 Å². The van der Waals surface area contributed by atoms with Gasteiger partial charge in [0.2, 0.25) is 5.43 Å². The number of nitrogens with zero attached hydrogens (tertiary/aromatic N) is 2. The molecule has 27 heavy (non-hydrogen) atoms. The lowest BCUT2D eigenvalue weighted by Crippen LogP contribution is -2.27. The number of rotatable bonds is 3. The Morgan fingerprint density at radius 1 is 1.11 bits per heavy atom. The summed E-state index contributed by atoms with van der Waals surface area (Å²) in [5, 5.41) is 1.58. The summed E-state index contributed by atoms with van der Waals surface area (Å²) in [5.41, 5.74) is -0.00773. The number of benzene rings is 2. The zero-order valence-electron chi connectivity index (χ0n) is 14.3. The molecule has 136 valence electrons. The zero-order chi connectivity index (χ0) is 19.1. The molecule has 4 rings (SSSR count). The topological polar surface area (TPSA) is 52.0 Å². The lowest BCUT2D eigenvalue weighted by atomic mass is 10.2. The highest BCUT2D eigenvalue weighted by atomic mass is 35.5. The summed E-state index contributed by atoms with van der Waals surface area (Å²) in [6.45, 7) is 2.40. The van der Waals surface area contributed by atoms with Crippen LogP contribution in [-0.2, 0) is 6.54 Å². The Morgan fingerprint density at radius 3 is 2.63 bits per heavy atom. The first-order chi connectivity index (χ1) is 13.0. The highest BCUT2D eigenvalue weighted by molar-refractivity contribution is 7.24. The van der Waals surface area contributed by atoms with Gasteiger partial charge in [0.25, 0.3) is 5.56 Å². The maximum Gasteiger partial charge on any atom is 0.266 e. The van der Waals surface area contributed by atoms with Gasteiger partial charge in [0.05, 0.1) is 5.02 Å². The third-order valence-electron chi connectivity index (χ3n) is 4.32. The van der Waals surface area contributed by atoms with Gasteiger partial charge in [0, 0.05) is 27.2 Å². The quantitative estimate of drug-likeness (QED) is 0.422. The van der Waals surface area contributed by atoms with Crippen molar-refractivity contribution in [2.24, 2.45) is 0 Å². The Balaban J connectivity index is 2.16. The molecule has 0 N–H and O–H groups in total. The summed E-state index contributed by atoms with van der Waals surface area (Å²) in [5.74, 6) is 0.446. The second-order valence-electron chi connectivity index (χ2n) is 6.12. The predicted molar refractivity (Wildman–Crippen MR) is 113 cm³/mol. The predicted octanol–water partition coefficient (Wildman–Crippen LogP) is 5.36. The highest BCUT2D eigenvalue weighted by Gasteiger charge is 2.18. The second-order valence-corrected chi connectivity index (χ2v) is 8.00. The van der Waals surface area contributed by atoms with Crippen molar-refractivity contribution >= 4 is 54.8 Å². The summed E-state index contributed by atoms with van der Waals surface area (Å²) in [6, 6.07) is 12.3. The highest BCUT2D eigenvalue weighted by Crippen LogP contribution is 2.30. The van der Waals surface area contributed by atoms with Crippen LogP contribution < -0.4 is 11.0 Å². The van der Waals surface area contributed by atoms with Crippen molar-refractivity contribution < 1.29 is 0 Å². The van der Waals surface area contributed by atoms with Crippen LogP contribution in [0.1, 0.15) is 13.3 Å². The molecule has 2 aromatic carbocycles. The van der Waals surface area contributed by atoms with Crippen molar-refractivity contribution in [1.82, 2.24) is 9.55 Å². The van der Waals surface area contributed by atoms with E-state index in [4.69, 9.17) is 23.2 Å². The SMILES string of the molecule is CCCn1c(-c2ccc(Cl)cc2Cl)nc2sc3ccccc3c(=O)c2c1=O. The molecule has 0 amide bonds.